The minimum Gasteiger partial charge on any atom is -0.393 e. The van der Waals surface area contributed by atoms with Crippen LogP contribution in [0, 0.1) is 0 Å². The summed E-state index contributed by atoms with van der Waals surface area (Å²) in [5, 5.41) is 8.92. The van der Waals surface area contributed by atoms with E-state index in [1.165, 1.54) is 0 Å². The maximum Gasteiger partial charge on any atom is 0.217 e. The van der Waals surface area contributed by atoms with E-state index in [0.29, 0.717) is 6.42 Å². The molecule has 12 heavy (non-hydrogen) atoms. The van der Waals surface area contributed by atoms with Gasteiger partial charge in [-0.2, -0.15) is 0 Å². The summed E-state index contributed by atoms with van der Waals surface area (Å²) in [4.78, 5) is 10.3. The Morgan fingerprint density at radius 3 is 2.42 bits per heavy atom. The molecule has 0 fully saturated rings. The summed E-state index contributed by atoms with van der Waals surface area (Å²) in [7, 11) is 0. The van der Waals surface area contributed by atoms with E-state index < -0.39 is 0 Å². The fourth-order valence-corrected chi connectivity index (χ4v) is 1.09. The van der Waals surface area contributed by atoms with Crippen LogP contribution in [0.3, 0.4) is 0 Å². The van der Waals surface area contributed by atoms with E-state index in [9.17, 15) is 4.79 Å². The smallest absolute Gasteiger partial charge is 0.217 e. The number of hydrogen-bond donors (Lipinski definition) is 2. The number of primary amides is 1. The highest BCUT2D eigenvalue weighted by Crippen LogP contribution is 2.06. The normalized spacial score (nSPS) is 12.8. The lowest BCUT2D eigenvalue weighted by atomic mass is 10.1. The summed E-state index contributed by atoms with van der Waals surface area (Å²) >= 11 is 0. The van der Waals surface area contributed by atoms with Crippen LogP contribution in [-0.2, 0) is 4.79 Å². The Kier molecular flexibility index (Phi) is 6.76. The SMILES string of the molecule is CC(O)CCCCCCC(N)=O. The zero-order valence-corrected chi connectivity index (χ0v) is 7.75. The average molecular weight is 173 g/mol. The molecule has 0 saturated heterocycles. The molecular formula is C9H19NO2. The van der Waals surface area contributed by atoms with Crippen LogP contribution in [0.25, 0.3) is 0 Å². The third-order valence-electron chi connectivity index (χ3n) is 1.80. The number of aliphatic hydroxyl groups is 1. The molecule has 3 N–H and O–H groups in total. The van der Waals surface area contributed by atoms with Crippen LogP contribution in [0.15, 0.2) is 0 Å². The minimum absolute atomic E-state index is 0.193. The first-order valence-corrected chi connectivity index (χ1v) is 4.59. The number of carbonyl (C=O) groups is 1. The van der Waals surface area contributed by atoms with E-state index in [2.05, 4.69) is 0 Å². The Morgan fingerprint density at radius 2 is 1.92 bits per heavy atom. The van der Waals surface area contributed by atoms with Crippen molar-refractivity contribution >= 4 is 5.91 Å². The van der Waals surface area contributed by atoms with Crippen molar-refractivity contribution in [3.8, 4) is 0 Å². The zero-order valence-electron chi connectivity index (χ0n) is 7.75. The topological polar surface area (TPSA) is 63.3 Å². The number of rotatable bonds is 7. The molecule has 3 nitrogen and oxygen atoms in total. The minimum atomic E-state index is -0.217. The predicted octanol–water partition coefficient (Wildman–Crippen LogP) is 1.19. The Hall–Kier alpha value is -0.570. The number of amides is 1. The lowest BCUT2D eigenvalue weighted by Gasteiger charge is -2.02. The Labute approximate surface area is 74.0 Å². The Balaban J connectivity index is 2.96. The van der Waals surface area contributed by atoms with Gasteiger partial charge in [0.05, 0.1) is 6.10 Å². The molecule has 0 aliphatic rings. The van der Waals surface area contributed by atoms with Crippen molar-refractivity contribution in [2.45, 2.75) is 51.6 Å². The molecular weight excluding hydrogens is 154 g/mol. The maximum atomic E-state index is 10.3. The summed E-state index contributed by atoms with van der Waals surface area (Å²) in [5.41, 5.74) is 4.98. The van der Waals surface area contributed by atoms with E-state index in [1.807, 2.05) is 0 Å². The average Bonchev–Trinajstić information content (AvgIpc) is 1.95. The molecule has 0 radical (unpaired) electrons. The lowest BCUT2D eigenvalue weighted by molar-refractivity contribution is -0.118. The number of carbonyl (C=O) groups excluding carboxylic acids is 1. The summed E-state index contributed by atoms with van der Waals surface area (Å²) in [6, 6.07) is 0. The van der Waals surface area contributed by atoms with Gasteiger partial charge in [0.25, 0.3) is 0 Å². The third kappa shape index (κ3) is 9.43. The van der Waals surface area contributed by atoms with Crippen molar-refractivity contribution in [3.63, 3.8) is 0 Å². The van der Waals surface area contributed by atoms with Crippen molar-refractivity contribution in [1.29, 1.82) is 0 Å². The van der Waals surface area contributed by atoms with E-state index in [0.717, 1.165) is 32.1 Å². The predicted molar refractivity (Wildman–Crippen MR) is 48.6 cm³/mol. The quantitative estimate of drug-likeness (QED) is 0.568. The molecule has 0 aliphatic heterocycles. The Bertz CT molecular complexity index is 124. The molecule has 1 amide bonds. The second-order valence-electron chi connectivity index (χ2n) is 3.27. The van der Waals surface area contributed by atoms with E-state index in [-0.39, 0.29) is 12.0 Å². The van der Waals surface area contributed by atoms with Crippen molar-refractivity contribution in [1.82, 2.24) is 0 Å². The molecule has 72 valence electrons. The molecule has 0 rings (SSSR count). The van der Waals surface area contributed by atoms with E-state index in [4.69, 9.17) is 10.8 Å². The van der Waals surface area contributed by atoms with Crippen LogP contribution in [0.2, 0.25) is 0 Å². The number of aliphatic hydroxyl groups excluding tert-OH is 1. The first-order valence-electron chi connectivity index (χ1n) is 4.59. The van der Waals surface area contributed by atoms with Gasteiger partial charge in [0.15, 0.2) is 0 Å². The van der Waals surface area contributed by atoms with Crippen LogP contribution in [0.4, 0.5) is 0 Å². The highest BCUT2D eigenvalue weighted by atomic mass is 16.3. The van der Waals surface area contributed by atoms with Gasteiger partial charge in [-0.05, 0) is 19.8 Å². The van der Waals surface area contributed by atoms with Crippen molar-refractivity contribution < 1.29 is 9.90 Å². The molecule has 0 aromatic carbocycles. The van der Waals surface area contributed by atoms with Gasteiger partial charge in [0.1, 0.15) is 0 Å². The molecule has 0 aromatic heterocycles. The Morgan fingerprint density at radius 1 is 1.33 bits per heavy atom. The van der Waals surface area contributed by atoms with Gasteiger partial charge < -0.3 is 10.8 Å². The van der Waals surface area contributed by atoms with E-state index >= 15 is 0 Å². The molecule has 3 heteroatoms. The second-order valence-corrected chi connectivity index (χ2v) is 3.27. The van der Waals surface area contributed by atoms with Gasteiger partial charge in [-0.1, -0.05) is 19.3 Å². The summed E-state index contributed by atoms with van der Waals surface area (Å²) in [6.45, 7) is 1.80. The first-order chi connectivity index (χ1) is 5.63. The number of nitrogens with two attached hydrogens (primary N) is 1. The zero-order chi connectivity index (χ0) is 9.40. The highest BCUT2D eigenvalue weighted by Gasteiger charge is 1.96. The van der Waals surface area contributed by atoms with Crippen molar-refractivity contribution in [2.75, 3.05) is 0 Å². The second kappa shape index (κ2) is 7.10. The first kappa shape index (κ1) is 11.4. The fourth-order valence-electron chi connectivity index (χ4n) is 1.09. The summed E-state index contributed by atoms with van der Waals surface area (Å²) < 4.78 is 0. The van der Waals surface area contributed by atoms with Crippen LogP contribution in [-0.4, -0.2) is 17.1 Å². The molecule has 0 saturated carbocycles. The molecule has 0 aliphatic carbocycles. The molecule has 0 aromatic rings. The van der Waals surface area contributed by atoms with Gasteiger partial charge in [0.2, 0.25) is 5.91 Å². The van der Waals surface area contributed by atoms with Gasteiger partial charge in [-0.25, -0.2) is 0 Å². The van der Waals surface area contributed by atoms with Crippen LogP contribution >= 0.6 is 0 Å². The van der Waals surface area contributed by atoms with Crippen molar-refractivity contribution in [3.05, 3.63) is 0 Å². The fraction of sp³-hybridized carbons (Fsp3) is 0.889. The monoisotopic (exact) mass is 173 g/mol. The van der Waals surface area contributed by atoms with Crippen LogP contribution in [0.1, 0.15) is 45.4 Å². The van der Waals surface area contributed by atoms with Crippen LogP contribution in [0.5, 0.6) is 0 Å². The van der Waals surface area contributed by atoms with Crippen LogP contribution < -0.4 is 5.73 Å². The lowest BCUT2D eigenvalue weighted by Crippen LogP contribution is -2.09. The molecule has 0 bridgehead atoms. The van der Waals surface area contributed by atoms with Gasteiger partial charge in [-0.15, -0.1) is 0 Å². The van der Waals surface area contributed by atoms with Gasteiger partial charge >= 0.3 is 0 Å². The molecule has 0 heterocycles. The van der Waals surface area contributed by atoms with Gasteiger partial charge in [-0.3, -0.25) is 4.79 Å². The van der Waals surface area contributed by atoms with Gasteiger partial charge in [0, 0.05) is 6.42 Å². The molecule has 1 atom stereocenters. The third-order valence-corrected chi connectivity index (χ3v) is 1.80. The van der Waals surface area contributed by atoms with E-state index in [1.54, 1.807) is 6.92 Å². The summed E-state index contributed by atoms with van der Waals surface area (Å²) in [6.07, 6.45) is 5.20. The number of unbranched alkanes of at least 4 members (excludes halogenated alkanes) is 3. The van der Waals surface area contributed by atoms with Crippen molar-refractivity contribution in [2.24, 2.45) is 5.73 Å². The number of hydrogen-bond acceptors (Lipinski definition) is 2. The largest absolute Gasteiger partial charge is 0.393 e. The maximum absolute atomic E-state index is 10.3. The standard InChI is InChI=1S/C9H19NO2/c1-8(11)6-4-2-3-5-7-9(10)12/h8,11H,2-7H2,1H3,(H2,10,12). The molecule has 1 unspecified atom stereocenters. The molecule has 0 spiro atoms. The summed E-state index contributed by atoms with van der Waals surface area (Å²) in [5.74, 6) is -0.217. The highest BCUT2D eigenvalue weighted by molar-refractivity contribution is 5.73.